The fourth-order valence-electron chi connectivity index (χ4n) is 5.72. The third kappa shape index (κ3) is 5.10. The fraction of sp³-hybridized carbons (Fsp3) is 0.952. The molecule has 3 N–H and O–H groups in total. The molecule has 158 valence electrons. The molecule has 0 radical (unpaired) electrons. The molecule has 2 saturated carbocycles. The molecule has 4 unspecified atom stereocenters. The summed E-state index contributed by atoms with van der Waals surface area (Å²) in [5.74, 6) is 2.71. The number of aliphatic hydroxyl groups is 1. The van der Waals surface area contributed by atoms with Gasteiger partial charge in [0, 0.05) is 43.7 Å². The van der Waals surface area contributed by atoms with Gasteiger partial charge in [0.2, 0.25) is 0 Å². The van der Waals surface area contributed by atoms with Crippen LogP contribution in [0.1, 0.15) is 65.7 Å². The number of rotatable bonds is 8. The minimum absolute atomic E-state index is 0. The second kappa shape index (κ2) is 10.6. The first-order valence-electron chi connectivity index (χ1n) is 10.9. The molecule has 0 amide bonds. The van der Waals surface area contributed by atoms with Crippen molar-refractivity contribution >= 4 is 29.9 Å². The number of fused-ring (bicyclic) bond motifs is 2. The molecule has 6 heteroatoms. The molecule has 1 spiro atoms. The third-order valence-corrected chi connectivity index (χ3v) is 6.77. The largest absolute Gasteiger partial charge is 0.396 e. The van der Waals surface area contributed by atoms with Gasteiger partial charge in [-0.25, -0.2) is 0 Å². The minimum Gasteiger partial charge on any atom is -0.396 e. The fourth-order valence-corrected chi connectivity index (χ4v) is 5.72. The molecule has 1 saturated heterocycles. The average Bonchev–Trinajstić information content (AvgIpc) is 3.25. The number of nitrogens with one attached hydrogen (secondary N) is 2. The maximum atomic E-state index is 9.36. The lowest BCUT2D eigenvalue weighted by atomic mass is 9.54. The Morgan fingerprint density at radius 1 is 1.30 bits per heavy atom. The van der Waals surface area contributed by atoms with Gasteiger partial charge in [0.05, 0.1) is 6.10 Å². The van der Waals surface area contributed by atoms with Crippen molar-refractivity contribution in [3.8, 4) is 0 Å². The molecule has 4 atom stereocenters. The van der Waals surface area contributed by atoms with E-state index in [0.717, 1.165) is 38.5 Å². The zero-order valence-corrected chi connectivity index (χ0v) is 19.7. The van der Waals surface area contributed by atoms with Crippen LogP contribution < -0.4 is 10.6 Å². The van der Waals surface area contributed by atoms with Crippen LogP contribution in [0.5, 0.6) is 0 Å². The third-order valence-electron chi connectivity index (χ3n) is 6.77. The van der Waals surface area contributed by atoms with E-state index in [0.29, 0.717) is 35.3 Å². The summed E-state index contributed by atoms with van der Waals surface area (Å²) in [6.07, 6.45) is 8.90. The Balaban J connectivity index is 0.00000261. The van der Waals surface area contributed by atoms with E-state index >= 15 is 0 Å². The molecule has 3 fully saturated rings. The van der Waals surface area contributed by atoms with Gasteiger partial charge in [-0.2, -0.15) is 0 Å². The number of guanidine groups is 1. The zero-order valence-electron chi connectivity index (χ0n) is 17.4. The summed E-state index contributed by atoms with van der Waals surface area (Å²) in [6, 6.07) is 0.511. The summed E-state index contributed by atoms with van der Waals surface area (Å²) in [7, 11) is 0. The van der Waals surface area contributed by atoms with E-state index in [-0.39, 0.29) is 30.6 Å². The van der Waals surface area contributed by atoms with Crippen molar-refractivity contribution in [2.24, 2.45) is 28.2 Å². The minimum atomic E-state index is 0. The van der Waals surface area contributed by atoms with Gasteiger partial charge < -0.3 is 20.5 Å². The summed E-state index contributed by atoms with van der Waals surface area (Å²) in [4.78, 5) is 4.92. The molecule has 27 heavy (non-hydrogen) atoms. The average molecular weight is 493 g/mol. The molecule has 2 aliphatic carbocycles. The molecule has 0 bridgehead atoms. The number of halogens is 1. The molecular formula is C21H40IN3O2. The Kier molecular flexibility index (Phi) is 9.13. The maximum absolute atomic E-state index is 9.36. The lowest BCUT2D eigenvalue weighted by Gasteiger charge is -2.57. The highest BCUT2D eigenvalue weighted by Crippen LogP contribution is 2.60. The molecule has 1 aliphatic heterocycles. The highest BCUT2D eigenvalue weighted by molar-refractivity contribution is 14.0. The quantitative estimate of drug-likeness (QED) is 0.275. The number of nitrogens with zero attached hydrogens (tertiary/aromatic N) is 1. The number of aliphatic hydroxyl groups excluding tert-OH is 1. The van der Waals surface area contributed by atoms with Gasteiger partial charge in [0.1, 0.15) is 0 Å². The monoisotopic (exact) mass is 493 g/mol. The van der Waals surface area contributed by atoms with Gasteiger partial charge in [0.25, 0.3) is 0 Å². The van der Waals surface area contributed by atoms with Crippen LogP contribution in [0.25, 0.3) is 0 Å². The summed E-state index contributed by atoms with van der Waals surface area (Å²) >= 11 is 0. The van der Waals surface area contributed by atoms with E-state index in [1.165, 1.54) is 32.1 Å². The molecule has 1 heterocycles. The van der Waals surface area contributed by atoms with Gasteiger partial charge in [-0.3, -0.25) is 4.99 Å². The summed E-state index contributed by atoms with van der Waals surface area (Å²) in [5, 5.41) is 16.6. The van der Waals surface area contributed by atoms with Gasteiger partial charge in [0.15, 0.2) is 5.96 Å². The number of ether oxygens (including phenoxy) is 1. The Morgan fingerprint density at radius 2 is 2.04 bits per heavy atom. The van der Waals surface area contributed by atoms with Crippen molar-refractivity contribution in [2.45, 2.75) is 77.9 Å². The van der Waals surface area contributed by atoms with Crippen molar-refractivity contribution in [1.29, 1.82) is 0 Å². The second-order valence-electron chi connectivity index (χ2n) is 9.03. The topological polar surface area (TPSA) is 65.9 Å². The first-order chi connectivity index (χ1) is 12.6. The predicted octanol–water partition coefficient (Wildman–Crippen LogP) is 3.55. The summed E-state index contributed by atoms with van der Waals surface area (Å²) < 4.78 is 6.11. The molecular weight excluding hydrogens is 453 g/mol. The lowest BCUT2D eigenvalue weighted by Crippen LogP contribution is -2.69. The molecule has 0 aromatic carbocycles. The van der Waals surface area contributed by atoms with Crippen molar-refractivity contribution < 1.29 is 9.84 Å². The van der Waals surface area contributed by atoms with E-state index < -0.39 is 0 Å². The van der Waals surface area contributed by atoms with Crippen LogP contribution in [0.3, 0.4) is 0 Å². The van der Waals surface area contributed by atoms with Gasteiger partial charge >= 0.3 is 0 Å². The van der Waals surface area contributed by atoms with Crippen LogP contribution in [0.2, 0.25) is 0 Å². The molecule has 0 aromatic rings. The van der Waals surface area contributed by atoms with E-state index in [9.17, 15) is 5.11 Å². The number of hydrogen-bond acceptors (Lipinski definition) is 3. The van der Waals surface area contributed by atoms with E-state index in [4.69, 9.17) is 9.73 Å². The normalized spacial score (nSPS) is 30.0. The predicted molar refractivity (Wildman–Crippen MR) is 122 cm³/mol. The first kappa shape index (κ1) is 23.2. The Hall–Kier alpha value is -0.0800. The maximum Gasteiger partial charge on any atom is 0.191 e. The SMILES string of the molecule is CCNC(=NCC(CCO)CC(C)C)NC1C2CCOC2C12CCCC2.I. The van der Waals surface area contributed by atoms with Gasteiger partial charge in [-0.05, 0) is 50.9 Å². The van der Waals surface area contributed by atoms with Crippen molar-refractivity contribution in [3.63, 3.8) is 0 Å². The lowest BCUT2D eigenvalue weighted by molar-refractivity contribution is -0.125. The van der Waals surface area contributed by atoms with Crippen LogP contribution in [-0.4, -0.2) is 49.5 Å². The van der Waals surface area contributed by atoms with Crippen molar-refractivity contribution in [3.05, 3.63) is 0 Å². The summed E-state index contributed by atoms with van der Waals surface area (Å²) in [6.45, 7) is 9.47. The zero-order chi connectivity index (χ0) is 18.6. The Bertz CT molecular complexity index is 480. The van der Waals surface area contributed by atoms with Crippen LogP contribution in [-0.2, 0) is 4.74 Å². The molecule has 3 aliphatic rings. The van der Waals surface area contributed by atoms with Crippen LogP contribution in [0.15, 0.2) is 4.99 Å². The van der Waals surface area contributed by atoms with Crippen molar-refractivity contribution in [2.75, 3.05) is 26.3 Å². The second-order valence-corrected chi connectivity index (χ2v) is 9.03. The Morgan fingerprint density at radius 3 is 2.67 bits per heavy atom. The van der Waals surface area contributed by atoms with E-state index in [1.807, 2.05) is 0 Å². The standard InChI is InChI=1S/C21H39N3O2.HI/c1-4-22-20(23-14-16(7-11-25)13-15(2)3)24-18-17-8-12-26-19(17)21(18)9-5-6-10-21;/h15-19,25H,4-14H2,1-3H3,(H2,22,23,24);1H. The van der Waals surface area contributed by atoms with Gasteiger partial charge in [-0.1, -0.05) is 26.7 Å². The van der Waals surface area contributed by atoms with Crippen LogP contribution in [0, 0.1) is 23.2 Å². The smallest absolute Gasteiger partial charge is 0.191 e. The van der Waals surface area contributed by atoms with E-state index in [2.05, 4.69) is 31.4 Å². The van der Waals surface area contributed by atoms with Gasteiger partial charge in [-0.15, -0.1) is 24.0 Å². The van der Waals surface area contributed by atoms with Crippen LogP contribution >= 0.6 is 24.0 Å². The Labute approximate surface area is 182 Å². The number of hydrogen-bond donors (Lipinski definition) is 3. The highest BCUT2D eigenvalue weighted by Gasteiger charge is 2.65. The molecule has 3 rings (SSSR count). The van der Waals surface area contributed by atoms with E-state index in [1.54, 1.807) is 0 Å². The first-order valence-corrected chi connectivity index (χ1v) is 10.9. The molecule has 0 aromatic heterocycles. The van der Waals surface area contributed by atoms with Crippen molar-refractivity contribution in [1.82, 2.24) is 10.6 Å². The number of aliphatic imine (C=N–C) groups is 1. The molecule has 5 nitrogen and oxygen atoms in total. The summed E-state index contributed by atoms with van der Waals surface area (Å²) in [5.41, 5.74) is 0.347. The highest BCUT2D eigenvalue weighted by atomic mass is 127. The van der Waals surface area contributed by atoms with Crippen LogP contribution in [0.4, 0.5) is 0 Å².